The molecule has 194 valence electrons. The highest BCUT2D eigenvalue weighted by molar-refractivity contribution is 9.10. The summed E-state index contributed by atoms with van der Waals surface area (Å²) in [6, 6.07) is 6.44. The molecule has 0 radical (unpaired) electrons. The maximum Gasteiger partial charge on any atom is 0.319 e. The number of benzene rings is 1. The van der Waals surface area contributed by atoms with Gasteiger partial charge in [-0.1, -0.05) is 79.5 Å². The van der Waals surface area contributed by atoms with Crippen LogP contribution in [0.3, 0.4) is 0 Å². The SMILES string of the molecule is CC12CCC(C(=O)Oc3cccc(OC(=O)C45CCC(C)(C(=O)C4Br)C5(C)C)c3)(C(Br)C1=O)C2(C)C. The summed E-state index contributed by atoms with van der Waals surface area (Å²) in [5.74, 6) is -0.345. The summed E-state index contributed by atoms with van der Waals surface area (Å²) in [4.78, 5) is 52.0. The molecule has 1 aromatic carbocycles. The fourth-order valence-electron chi connectivity index (χ4n) is 7.80. The normalized spacial score (nSPS) is 41.6. The van der Waals surface area contributed by atoms with Gasteiger partial charge < -0.3 is 9.47 Å². The average Bonchev–Trinajstić information content (AvgIpc) is 3.24. The molecular formula is C28H32Br2O6. The number of halogens is 2. The Bertz CT molecular complexity index is 1130. The van der Waals surface area contributed by atoms with Crippen molar-refractivity contribution in [3.8, 4) is 11.5 Å². The lowest BCUT2D eigenvalue weighted by molar-refractivity contribution is -0.151. The first-order valence-electron chi connectivity index (χ1n) is 12.5. The molecule has 0 amide bonds. The molecule has 5 rings (SSSR count). The van der Waals surface area contributed by atoms with Crippen LogP contribution in [0.2, 0.25) is 0 Å². The van der Waals surface area contributed by atoms with Crippen LogP contribution < -0.4 is 9.47 Å². The Kier molecular flexibility index (Phi) is 5.45. The third-order valence-corrected chi connectivity index (χ3v) is 13.8. The Morgan fingerprint density at radius 3 is 1.39 bits per heavy atom. The summed E-state index contributed by atoms with van der Waals surface area (Å²) in [6.07, 6.45) is 2.39. The van der Waals surface area contributed by atoms with E-state index in [1.807, 2.05) is 41.5 Å². The second-order valence-corrected chi connectivity index (χ2v) is 14.4. The number of ketones is 2. The average molecular weight is 624 g/mol. The van der Waals surface area contributed by atoms with Gasteiger partial charge in [0.15, 0.2) is 11.6 Å². The van der Waals surface area contributed by atoms with Crippen LogP contribution in [-0.4, -0.2) is 33.2 Å². The Morgan fingerprint density at radius 2 is 1.08 bits per heavy atom. The van der Waals surface area contributed by atoms with Crippen molar-refractivity contribution in [2.75, 3.05) is 0 Å². The highest BCUT2D eigenvalue weighted by Crippen LogP contribution is 2.73. The Morgan fingerprint density at radius 1 is 0.722 bits per heavy atom. The van der Waals surface area contributed by atoms with Gasteiger partial charge in [-0.15, -0.1) is 0 Å². The van der Waals surface area contributed by atoms with Gasteiger partial charge >= 0.3 is 11.9 Å². The molecule has 6 nitrogen and oxygen atoms in total. The van der Waals surface area contributed by atoms with Crippen LogP contribution in [-0.2, 0) is 19.2 Å². The first-order valence-corrected chi connectivity index (χ1v) is 14.3. The van der Waals surface area contributed by atoms with Crippen LogP contribution in [0.5, 0.6) is 11.5 Å². The van der Waals surface area contributed by atoms with E-state index < -0.39 is 54.1 Å². The zero-order valence-corrected chi connectivity index (χ0v) is 24.7. The molecule has 0 aromatic heterocycles. The smallest absolute Gasteiger partial charge is 0.319 e. The molecule has 6 atom stereocenters. The molecule has 8 heteroatoms. The van der Waals surface area contributed by atoms with E-state index in [1.54, 1.807) is 18.2 Å². The molecule has 4 aliphatic rings. The summed E-state index contributed by atoms with van der Waals surface area (Å²) in [5.41, 5.74) is -4.29. The molecule has 0 aliphatic heterocycles. The molecule has 0 saturated heterocycles. The largest absolute Gasteiger partial charge is 0.426 e. The van der Waals surface area contributed by atoms with Crippen LogP contribution >= 0.6 is 31.9 Å². The second-order valence-electron chi connectivity index (χ2n) is 12.6. The molecule has 6 unspecified atom stereocenters. The fourth-order valence-corrected chi connectivity index (χ4v) is 10.8. The number of Topliss-reactive ketones (excluding diaryl/α,β-unsaturated/α-hetero) is 2. The summed E-state index contributed by atoms with van der Waals surface area (Å²) < 4.78 is 11.7. The third-order valence-electron chi connectivity index (χ3n) is 11.4. The van der Waals surface area contributed by atoms with Crippen molar-refractivity contribution in [1.82, 2.24) is 0 Å². The van der Waals surface area contributed by atoms with E-state index in [2.05, 4.69) is 31.9 Å². The molecule has 36 heavy (non-hydrogen) atoms. The van der Waals surface area contributed by atoms with Crippen molar-refractivity contribution in [2.24, 2.45) is 32.5 Å². The predicted octanol–water partition coefficient (Wildman–Crippen LogP) is 5.82. The quantitative estimate of drug-likeness (QED) is 0.239. The van der Waals surface area contributed by atoms with Gasteiger partial charge in [0.05, 0.1) is 20.5 Å². The first-order chi connectivity index (χ1) is 16.5. The summed E-state index contributed by atoms with van der Waals surface area (Å²) in [6.45, 7) is 11.7. The van der Waals surface area contributed by atoms with Gasteiger partial charge in [-0.3, -0.25) is 19.2 Å². The number of fused-ring (bicyclic) bond motifs is 4. The van der Waals surface area contributed by atoms with E-state index in [0.717, 1.165) is 0 Å². The van der Waals surface area contributed by atoms with E-state index >= 15 is 0 Å². The van der Waals surface area contributed by atoms with Crippen molar-refractivity contribution < 1.29 is 28.7 Å². The lowest BCUT2D eigenvalue weighted by atomic mass is 9.65. The lowest BCUT2D eigenvalue weighted by Gasteiger charge is -2.39. The Hall–Kier alpha value is -1.54. The Labute approximate surface area is 228 Å². The Balaban J connectivity index is 1.39. The van der Waals surface area contributed by atoms with Crippen LogP contribution in [0.4, 0.5) is 0 Å². The first kappa shape index (κ1) is 26.1. The van der Waals surface area contributed by atoms with Crippen LogP contribution in [0.1, 0.15) is 67.2 Å². The predicted molar refractivity (Wildman–Crippen MR) is 140 cm³/mol. The van der Waals surface area contributed by atoms with Crippen molar-refractivity contribution in [3.63, 3.8) is 0 Å². The van der Waals surface area contributed by atoms with Gasteiger partial charge in [0.25, 0.3) is 0 Å². The van der Waals surface area contributed by atoms with Gasteiger partial charge in [-0.25, -0.2) is 0 Å². The third kappa shape index (κ3) is 2.63. The van der Waals surface area contributed by atoms with E-state index in [4.69, 9.17) is 9.47 Å². The molecule has 4 fully saturated rings. The fraction of sp³-hybridized carbons (Fsp3) is 0.643. The summed E-state index contributed by atoms with van der Waals surface area (Å²) in [7, 11) is 0. The molecule has 0 spiro atoms. The van der Waals surface area contributed by atoms with Crippen molar-refractivity contribution in [3.05, 3.63) is 24.3 Å². The molecule has 1 aromatic rings. The monoisotopic (exact) mass is 622 g/mol. The van der Waals surface area contributed by atoms with Crippen LogP contribution in [0, 0.1) is 32.5 Å². The van der Waals surface area contributed by atoms with Crippen LogP contribution in [0.25, 0.3) is 0 Å². The minimum Gasteiger partial charge on any atom is -0.426 e. The second kappa shape index (κ2) is 7.52. The lowest BCUT2D eigenvalue weighted by Crippen LogP contribution is -2.47. The van der Waals surface area contributed by atoms with Crippen LogP contribution in [0.15, 0.2) is 24.3 Å². The van der Waals surface area contributed by atoms with Gasteiger partial charge in [0.2, 0.25) is 0 Å². The molecular weight excluding hydrogens is 592 g/mol. The van der Waals surface area contributed by atoms with Crippen molar-refractivity contribution >= 4 is 55.4 Å². The zero-order chi connectivity index (χ0) is 26.7. The van der Waals surface area contributed by atoms with Crippen molar-refractivity contribution in [2.45, 2.75) is 76.9 Å². The van der Waals surface area contributed by atoms with Crippen molar-refractivity contribution in [1.29, 1.82) is 0 Å². The number of rotatable bonds is 4. The zero-order valence-electron chi connectivity index (χ0n) is 21.5. The number of carbonyl (C=O) groups is 4. The highest BCUT2D eigenvalue weighted by atomic mass is 79.9. The van der Waals surface area contributed by atoms with Gasteiger partial charge in [-0.2, -0.15) is 0 Å². The summed E-state index contributed by atoms with van der Waals surface area (Å²) >= 11 is 7.04. The molecule has 0 heterocycles. The van der Waals surface area contributed by atoms with E-state index in [0.29, 0.717) is 25.7 Å². The number of alkyl halides is 2. The number of esters is 2. The van der Waals surface area contributed by atoms with Gasteiger partial charge in [-0.05, 0) is 48.6 Å². The minimum absolute atomic E-state index is 0.0410. The van der Waals surface area contributed by atoms with Gasteiger partial charge in [0.1, 0.15) is 11.5 Å². The summed E-state index contributed by atoms with van der Waals surface area (Å²) in [5, 5.41) is 0. The number of hydrogen-bond acceptors (Lipinski definition) is 6. The molecule has 4 aliphatic carbocycles. The number of hydrogen-bond donors (Lipinski definition) is 0. The molecule has 4 saturated carbocycles. The maximum atomic E-state index is 13.6. The molecule has 0 N–H and O–H groups in total. The standard InChI is InChI=1S/C28H32Br2O6/c1-23(2)25(5)10-12-27(23,17(29)19(25)31)21(33)35-15-8-7-9-16(14-15)36-22(34)28-13-11-26(6,24(28,3)4)20(32)18(28)30/h7-9,14,17-18H,10-13H2,1-6H3. The molecule has 4 bridgehead atoms. The topological polar surface area (TPSA) is 86.7 Å². The highest BCUT2D eigenvalue weighted by Gasteiger charge is 2.78. The maximum absolute atomic E-state index is 13.6. The number of ether oxygens (including phenoxy) is 2. The van der Waals surface area contributed by atoms with E-state index in [1.165, 1.54) is 6.07 Å². The van der Waals surface area contributed by atoms with E-state index in [-0.39, 0.29) is 23.1 Å². The number of carbonyl (C=O) groups excluding carboxylic acids is 4. The van der Waals surface area contributed by atoms with E-state index in [9.17, 15) is 19.2 Å². The minimum atomic E-state index is -0.976. The van der Waals surface area contributed by atoms with Gasteiger partial charge in [0, 0.05) is 16.9 Å².